The molecule has 0 bridgehead atoms. The van der Waals surface area contributed by atoms with Gasteiger partial charge in [0, 0.05) is 12.1 Å². The fourth-order valence-electron chi connectivity index (χ4n) is 3.19. The van der Waals surface area contributed by atoms with Crippen LogP contribution in [0.2, 0.25) is 0 Å². The quantitative estimate of drug-likeness (QED) is 0.685. The first kappa shape index (κ1) is 12.4. The molecule has 0 aromatic rings. The van der Waals surface area contributed by atoms with Crippen molar-refractivity contribution in [3.05, 3.63) is 0 Å². The SMILES string of the molecule is O=C(O)C1CCCC1NC1CCCC1C(=O)O. The second-order valence-electron chi connectivity index (χ2n) is 5.13. The minimum Gasteiger partial charge on any atom is -0.481 e. The molecule has 0 aromatic carbocycles. The fraction of sp³-hybridized carbons (Fsp3) is 0.833. The van der Waals surface area contributed by atoms with E-state index in [-0.39, 0.29) is 23.9 Å². The Balaban J connectivity index is 1.96. The summed E-state index contributed by atoms with van der Waals surface area (Å²) >= 11 is 0. The Morgan fingerprint density at radius 1 is 0.824 bits per heavy atom. The van der Waals surface area contributed by atoms with Crippen LogP contribution in [0.25, 0.3) is 0 Å². The average molecular weight is 241 g/mol. The lowest BCUT2D eigenvalue weighted by Crippen LogP contribution is -2.45. The average Bonchev–Trinajstić information content (AvgIpc) is 2.86. The number of hydrogen-bond acceptors (Lipinski definition) is 3. The maximum Gasteiger partial charge on any atom is 0.308 e. The van der Waals surface area contributed by atoms with E-state index in [9.17, 15) is 9.59 Å². The van der Waals surface area contributed by atoms with Crippen LogP contribution in [0.15, 0.2) is 0 Å². The predicted octanol–water partition coefficient (Wildman–Crippen LogP) is 1.08. The molecule has 4 unspecified atom stereocenters. The molecule has 0 aromatic heterocycles. The molecular formula is C12H19NO4. The normalized spacial score (nSPS) is 37.2. The Morgan fingerprint density at radius 2 is 1.24 bits per heavy atom. The molecule has 5 nitrogen and oxygen atoms in total. The largest absolute Gasteiger partial charge is 0.481 e. The molecule has 4 atom stereocenters. The van der Waals surface area contributed by atoms with E-state index in [1.165, 1.54) is 0 Å². The van der Waals surface area contributed by atoms with Crippen LogP contribution in [0.3, 0.4) is 0 Å². The number of carboxylic acid groups (broad SMARTS) is 2. The van der Waals surface area contributed by atoms with Crippen LogP contribution in [0.4, 0.5) is 0 Å². The Hall–Kier alpha value is -1.10. The van der Waals surface area contributed by atoms with Gasteiger partial charge in [-0.3, -0.25) is 9.59 Å². The molecule has 96 valence electrons. The zero-order valence-corrected chi connectivity index (χ0v) is 9.76. The van der Waals surface area contributed by atoms with Gasteiger partial charge in [0.1, 0.15) is 0 Å². The van der Waals surface area contributed by atoms with E-state index in [0.29, 0.717) is 12.8 Å². The highest BCUT2D eigenvalue weighted by Crippen LogP contribution is 2.31. The van der Waals surface area contributed by atoms with Crippen molar-refractivity contribution in [3.8, 4) is 0 Å². The van der Waals surface area contributed by atoms with E-state index < -0.39 is 11.9 Å². The van der Waals surface area contributed by atoms with E-state index in [1.54, 1.807) is 0 Å². The Kier molecular flexibility index (Phi) is 3.66. The highest BCUT2D eigenvalue weighted by atomic mass is 16.4. The molecule has 0 amide bonds. The van der Waals surface area contributed by atoms with Crippen molar-refractivity contribution in [2.45, 2.75) is 50.6 Å². The van der Waals surface area contributed by atoms with Gasteiger partial charge in [-0.15, -0.1) is 0 Å². The van der Waals surface area contributed by atoms with Crippen molar-refractivity contribution in [2.24, 2.45) is 11.8 Å². The highest BCUT2D eigenvalue weighted by Gasteiger charge is 2.39. The van der Waals surface area contributed by atoms with Crippen LogP contribution in [-0.2, 0) is 9.59 Å². The third kappa shape index (κ3) is 2.60. The molecule has 0 spiro atoms. The summed E-state index contributed by atoms with van der Waals surface area (Å²) in [6.45, 7) is 0. The molecule has 0 aliphatic heterocycles. The minimum atomic E-state index is -0.759. The highest BCUT2D eigenvalue weighted by molar-refractivity contribution is 5.72. The van der Waals surface area contributed by atoms with Gasteiger partial charge in [0.2, 0.25) is 0 Å². The molecule has 5 heteroatoms. The molecular weight excluding hydrogens is 222 g/mol. The minimum absolute atomic E-state index is 0.0440. The summed E-state index contributed by atoms with van der Waals surface area (Å²) < 4.78 is 0. The number of hydrogen-bond donors (Lipinski definition) is 3. The molecule has 2 saturated carbocycles. The maximum absolute atomic E-state index is 11.0. The third-order valence-corrected chi connectivity index (χ3v) is 4.09. The summed E-state index contributed by atoms with van der Waals surface area (Å²) in [5, 5.41) is 21.4. The van der Waals surface area contributed by atoms with Crippen molar-refractivity contribution >= 4 is 11.9 Å². The Morgan fingerprint density at radius 3 is 1.59 bits per heavy atom. The molecule has 2 fully saturated rings. The van der Waals surface area contributed by atoms with Crippen LogP contribution < -0.4 is 5.32 Å². The maximum atomic E-state index is 11.0. The lowest BCUT2D eigenvalue weighted by molar-refractivity contribution is -0.142. The van der Waals surface area contributed by atoms with Gasteiger partial charge in [0.15, 0.2) is 0 Å². The summed E-state index contributed by atoms with van der Waals surface area (Å²) in [6, 6.07) is -0.0881. The first-order valence-corrected chi connectivity index (χ1v) is 6.31. The summed E-state index contributed by atoms with van der Waals surface area (Å²) in [7, 11) is 0. The Labute approximate surface area is 100 Å². The van der Waals surface area contributed by atoms with Crippen LogP contribution in [0.5, 0.6) is 0 Å². The van der Waals surface area contributed by atoms with Crippen LogP contribution in [0.1, 0.15) is 38.5 Å². The Bertz CT molecular complexity index is 288. The van der Waals surface area contributed by atoms with Crippen molar-refractivity contribution in [1.82, 2.24) is 5.32 Å². The first-order valence-electron chi connectivity index (χ1n) is 6.31. The van der Waals surface area contributed by atoms with Crippen molar-refractivity contribution < 1.29 is 19.8 Å². The molecule has 17 heavy (non-hydrogen) atoms. The van der Waals surface area contributed by atoms with Gasteiger partial charge in [0.25, 0.3) is 0 Å². The number of carboxylic acids is 2. The van der Waals surface area contributed by atoms with E-state index in [4.69, 9.17) is 10.2 Å². The van der Waals surface area contributed by atoms with E-state index in [0.717, 1.165) is 25.7 Å². The first-order chi connectivity index (χ1) is 8.09. The van der Waals surface area contributed by atoms with Gasteiger partial charge in [-0.25, -0.2) is 0 Å². The summed E-state index contributed by atoms with van der Waals surface area (Å²) in [6.07, 6.45) is 4.94. The topological polar surface area (TPSA) is 86.6 Å². The third-order valence-electron chi connectivity index (χ3n) is 4.09. The van der Waals surface area contributed by atoms with Crippen LogP contribution in [-0.4, -0.2) is 34.2 Å². The zero-order valence-electron chi connectivity index (χ0n) is 9.76. The molecule has 0 saturated heterocycles. The molecule has 2 rings (SSSR count). The summed E-state index contributed by atoms with van der Waals surface area (Å²) in [5.74, 6) is -2.20. The number of carbonyl (C=O) groups is 2. The molecule has 3 N–H and O–H groups in total. The van der Waals surface area contributed by atoms with Crippen LogP contribution >= 0.6 is 0 Å². The van der Waals surface area contributed by atoms with Gasteiger partial charge in [0.05, 0.1) is 11.8 Å². The standard InChI is InChI=1S/C12H19NO4/c14-11(15)7-3-1-5-9(7)13-10-6-2-4-8(10)12(16)17/h7-10,13H,1-6H2,(H,14,15)(H,16,17). The predicted molar refractivity (Wildman–Crippen MR) is 60.7 cm³/mol. The molecule has 2 aliphatic carbocycles. The fourth-order valence-corrected chi connectivity index (χ4v) is 3.19. The summed E-state index contributed by atoms with van der Waals surface area (Å²) in [4.78, 5) is 22.1. The number of aliphatic carboxylic acids is 2. The summed E-state index contributed by atoms with van der Waals surface area (Å²) in [5.41, 5.74) is 0. The monoisotopic (exact) mass is 241 g/mol. The smallest absolute Gasteiger partial charge is 0.308 e. The lowest BCUT2D eigenvalue weighted by atomic mass is 9.99. The van der Waals surface area contributed by atoms with Crippen LogP contribution in [0, 0.1) is 11.8 Å². The van der Waals surface area contributed by atoms with Crippen molar-refractivity contribution in [1.29, 1.82) is 0 Å². The van der Waals surface area contributed by atoms with E-state index in [2.05, 4.69) is 5.32 Å². The number of nitrogens with one attached hydrogen (secondary N) is 1. The molecule has 2 aliphatic rings. The van der Waals surface area contributed by atoms with Gasteiger partial charge < -0.3 is 15.5 Å². The van der Waals surface area contributed by atoms with Gasteiger partial charge in [-0.1, -0.05) is 12.8 Å². The molecule has 0 radical (unpaired) electrons. The molecule has 0 heterocycles. The second kappa shape index (κ2) is 5.04. The van der Waals surface area contributed by atoms with Gasteiger partial charge in [-0.2, -0.15) is 0 Å². The van der Waals surface area contributed by atoms with Crippen molar-refractivity contribution in [3.63, 3.8) is 0 Å². The van der Waals surface area contributed by atoms with E-state index >= 15 is 0 Å². The number of rotatable bonds is 4. The zero-order chi connectivity index (χ0) is 12.4. The van der Waals surface area contributed by atoms with Gasteiger partial charge in [-0.05, 0) is 25.7 Å². The lowest BCUT2D eigenvalue weighted by Gasteiger charge is -2.25. The second-order valence-corrected chi connectivity index (χ2v) is 5.13. The van der Waals surface area contributed by atoms with Crippen molar-refractivity contribution in [2.75, 3.05) is 0 Å². The van der Waals surface area contributed by atoms with E-state index in [1.807, 2.05) is 0 Å². The van der Waals surface area contributed by atoms with Gasteiger partial charge >= 0.3 is 11.9 Å².